The number of carbonyl (C=O) groups excluding carboxylic acids is 2. The Kier molecular flexibility index (Phi) is 7.27. The van der Waals surface area contributed by atoms with Gasteiger partial charge in [0.15, 0.2) is 0 Å². The summed E-state index contributed by atoms with van der Waals surface area (Å²) in [6.07, 6.45) is 10.4. The zero-order valence-electron chi connectivity index (χ0n) is 21.8. The number of thiophene rings is 1. The molecule has 2 aromatic heterocycles. The van der Waals surface area contributed by atoms with Gasteiger partial charge in [0.05, 0.1) is 16.8 Å². The fraction of sp³-hybridized carbons (Fsp3) is 0.714. The number of carbonyl (C=O) groups is 2. The lowest BCUT2D eigenvalue weighted by molar-refractivity contribution is -0.134. The summed E-state index contributed by atoms with van der Waals surface area (Å²) in [6, 6.07) is 4.49. The molecule has 1 N–H and O–H groups in total. The molecular formula is C28H42N4O2S. The van der Waals surface area contributed by atoms with Crippen molar-refractivity contribution in [1.29, 1.82) is 0 Å². The molecule has 5 rings (SSSR count). The summed E-state index contributed by atoms with van der Waals surface area (Å²) in [6.45, 7) is 10.6. The van der Waals surface area contributed by atoms with Crippen LogP contribution in [0.25, 0.3) is 10.2 Å². The topological polar surface area (TPSA) is 57.6 Å². The summed E-state index contributed by atoms with van der Waals surface area (Å²) in [4.78, 5) is 33.6. The number of hydrogen-bond acceptors (Lipinski definition) is 4. The molecule has 192 valence electrons. The predicted molar refractivity (Wildman–Crippen MR) is 143 cm³/mol. The third-order valence-corrected chi connectivity index (χ3v) is 9.91. The van der Waals surface area contributed by atoms with Crippen LogP contribution in [0.4, 0.5) is 0 Å². The second kappa shape index (κ2) is 10.3. The highest BCUT2D eigenvalue weighted by Crippen LogP contribution is 2.36. The number of fused-ring (bicyclic) bond motifs is 3. The number of aromatic nitrogens is 1. The van der Waals surface area contributed by atoms with Crippen LogP contribution >= 0.6 is 11.3 Å². The summed E-state index contributed by atoms with van der Waals surface area (Å²) in [7, 11) is 0. The Labute approximate surface area is 214 Å². The van der Waals surface area contributed by atoms with Gasteiger partial charge in [-0.1, -0.05) is 26.7 Å². The number of rotatable bonds is 6. The van der Waals surface area contributed by atoms with Crippen molar-refractivity contribution in [3.05, 3.63) is 22.7 Å². The number of nitrogens with one attached hydrogen (secondary N) is 1. The highest BCUT2D eigenvalue weighted by atomic mass is 32.1. The van der Waals surface area contributed by atoms with E-state index in [1.807, 2.05) is 11.8 Å². The molecule has 4 heterocycles. The van der Waals surface area contributed by atoms with Gasteiger partial charge in [0.1, 0.15) is 11.2 Å². The van der Waals surface area contributed by atoms with Crippen LogP contribution in [0.1, 0.15) is 87.5 Å². The Morgan fingerprint density at radius 1 is 1.09 bits per heavy atom. The van der Waals surface area contributed by atoms with Gasteiger partial charge in [-0.05, 0) is 83.0 Å². The van der Waals surface area contributed by atoms with E-state index in [9.17, 15) is 9.59 Å². The molecule has 0 aromatic carbocycles. The molecule has 0 spiro atoms. The number of hydrogen-bond donors (Lipinski definition) is 1. The largest absolute Gasteiger partial charge is 0.351 e. The molecule has 2 aromatic rings. The average molecular weight is 499 g/mol. The molecule has 1 aliphatic carbocycles. The lowest BCUT2D eigenvalue weighted by Crippen LogP contribution is -2.65. The van der Waals surface area contributed by atoms with Gasteiger partial charge < -0.3 is 19.7 Å². The molecule has 2 fully saturated rings. The summed E-state index contributed by atoms with van der Waals surface area (Å²) < 4.78 is 3.28. The molecule has 1 atom stereocenters. The minimum Gasteiger partial charge on any atom is -0.351 e. The van der Waals surface area contributed by atoms with Gasteiger partial charge in [-0.2, -0.15) is 0 Å². The van der Waals surface area contributed by atoms with Crippen LogP contribution in [0.3, 0.4) is 0 Å². The Hall–Kier alpha value is -1.86. The summed E-state index contributed by atoms with van der Waals surface area (Å²) in [5, 5.41) is 3.38. The average Bonchev–Trinajstić information content (AvgIpc) is 3.28. The highest BCUT2D eigenvalue weighted by molar-refractivity contribution is 7.19. The van der Waals surface area contributed by atoms with Crippen LogP contribution in [0.15, 0.2) is 12.1 Å². The van der Waals surface area contributed by atoms with E-state index in [1.165, 1.54) is 30.6 Å². The van der Waals surface area contributed by atoms with Crippen molar-refractivity contribution < 1.29 is 9.59 Å². The smallest absolute Gasteiger partial charge is 0.271 e. The van der Waals surface area contributed by atoms with E-state index in [0.717, 1.165) is 73.6 Å². The van der Waals surface area contributed by atoms with Gasteiger partial charge in [0, 0.05) is 24.0 Å². The van der Waals surface area contributed by atoms with Gasteiger partial charge in [0.2, 0.25) is 5.91 Å². The minimum atomic E-state index is -0.890. The van der Waals surface area contributed by atoms with Gasteiger partial charge in [-0.25, -0.2) is 0 Å². The molecule has 1 saturated carbocycles. The Morgan fingerprint density at radius 3 is 2.49 bits per heavy atom. The Balaban J connectivity index is 1.43. The zero-order chi connectivity index (χ0) is 24.6. The maximum absolute atomic E-state index is 13.9. The molecule has 0 radical (unpaired) electrons. The van der Waals surface area contributed by atoms with Crippen molar-refractivity contribution in [3.63, 3.8) is 0 Å². The summed E-state index contributed by atoms with van der Waals surface area (Å²) in [5.41, 5.74) is 0.952. The molecule has 1 saturated heterocycles. The fourth-order valence-electron chi connectivity index (χ4n) is 6.26. The monoisotopic (exact) mass is 498 g/mol. The Bertz CT molecular complexity index is 1060. The van der Waals surface area contributed by atoms with Crippen LogP contribution in [0, 0.1) is 5.92 Å². The van der Waals surface area contributed by atoms with E-state index in [-0.39, 0.29) is 17.9 Å². The van der Waals surface area contributed by atoms with E-state index in [2.05, 4.69) is 40.8 Å². The van der Waals surface area contributed by atoms with Crippen LogP contribution in [-0.2, 0) is 17.8 Å². The van der Waals surface area contributed by atoms with E-state index in [1.54, 1.807) is 11.3 Å². The SMILES string of the molecule is CCc1cc2c(cc3n2C[C@@](C)(C(=O)NC2CCC(C)CC2)N(CCN2CCCCCC2)C3=O)s1. The molecule has 2 aliphatic heterocycles. The molecule has 35 heavy (non-hydrogen) atoms. The maximum atomic E-state index is 13.9. The minimum absolute atomic E-state index is 0.00226. The van der Waals surface area contributed by atoms with E-state index < -0.39 is 5.54 Å². The second-order valence-electron chi connectivity index (χ2n) is 11.3. The van der Waals surface area contributed by atoms with Crippen LogP contribution in [0.2, 0.25) is 0 Å². The lowest BCUT2D eigenvalue weighted by atomic mass is 9.86. The van der Waals surface area contributed by atoms with Gasteiger partial charge >= 0.3 is 0 Å². The van der Waals surface area contributed by atoms with Crippen molar-refractivity contribution >= 4 is 33.4 Å². The number of amides is 2. The predicted octanol–water partition coefficient (Wildman–Crippen LogP) is 5.05. The molecule has 7 heteroatoms. The quantitative estimate of drug-likeness (QED) is 0.606. The van der Waals surface area contributed by atoms with Crippen LogP contribution in [0.5, 0.6) is 0 Å². The molecular weight excluding hydrogens is 456 g/mol. The first kappa shape index (κ1) is 24.8. The first-order chi connectivity index (χ1) is 16.9. The molecule has 6 nitrogen and oxygen atoms in total. The second-order valence-corrected chi connectivity index (χ2v) is 12.5. The van der Waals surface area contributed by atoms with Crippen molar-refractivity contribution in [2.45, 2.75) is 96.7 Å². The highest BCUT2D eigenvalue weighted by Gasteiger charge is 2.48. The maximum Gasteiger partial charge on any atom is 0.271 e. The number of likely N-dealkylation sites (tertiary alicyclic amines) is 1. The van der Waals surface area contributed by atoms with Crippen molar-refractivity contribution in [2.24, 2.45) is 5.92 Å². The number of aryl methyl sites for hydroxylation is 1. The normalized spacial score (nSPS) is 28.2. The standard InChI is InChI=1S/C28H42N4O2S/c1-4-22-17-23-25(35-22)18-24-26(33)32(16-15-30-13-7-5-6-8-14-30)28(3,19-31(23)24)27(34)29-21-11-9-20(2)10-12-21/h17-18,20-21H,4-16,19H2,1-3H3,(H,29,34)/t20?,21?,28-/m0/s1. The zero-order valence-corrected chi connectivity index (χ0v) is 22.6. The van der Waals surface area contributed by atoms with E-state index in [0.29, 0.717) is 13.1 Å². The molecule has 0 unspecified atom stereocenters. The molecule has 2 amide bonds. The van der Waals surface area contributed by atoms with E-state index >= 15 is 0 Å². The van der Waals surface area contributed by atoms with Gasteiger partial charge in [-0.15, -0.1) is 11.3 Å². The lowest BCUT2D eigenvalue weighted by Gasteiger charge is -2.45. The summed E-state index contributed by atoms with van der Waals surface area (Å²) >= 11 is 1.77. The first-order valence-corrected chi connectivity index (χ1v) is 14.7. The third-order valence-electron chi connectivity index (χ3n) is 8.69. The number of nitrogens with zero attached hydrogens (tertiary/aromatic N) is 3. The van der Waals surface area contributed by atoms with Crippen molar-refractivity contribution in [2.75, 3.05) is 26.2 Å². The van der Waals surface area contributed by atoms with Crippen molar-refractivity contribution in [1.82, 2.24) is 19.7 Å². The summed E-state index contributed by atoms with van der Waals surface area (Å²) in [5.74, 6) is 0.754. The van der Waals surface area contributed by atoms with E-state index in [4.69, 9.17) is 0 Å². The van der Waals surface area contributed by atoms with Gasteiger partial charge in [0.25, 0.3) is 5.91 Å². The fourth-order valence-corrected chi connectivity index (χ4v) is 7.30. The Morgan fingerprint density at radius 2 is 1.80 bits per heavy atom. The van der Waals surface area contributed by atoms with Crippen molar-refractivity contribution in [3.8, 4) is 0 Å². The van der Waals surface area contributed by atoms with Gasteiger partial charge in [-0.3, -0.25) is 9.59 Å². The first-order valence-electron chi connectivity index (χ1n) is 13.9. The molecule has 0 bridgehead atoms. The molecule has 3 aliphatic rings. The van der Waals surface area contributed by atoms with Crippen LogP contribution < -0.4 is 5.32 Å². The third kappa shape index (κ3) is 4.91. The van der Waals surface area contributed by atoms with Crippen LogP contribution in [-0.4, -0.2) is 63.9 Å².